The Morgan fingerprint density at radius 1 is 1.21 bits per heavy atom. The molecule has 24 heavy (non-hydrogen) atoms. The number of carbonyl (C=O) groups is 1. The number of nitrogens with zero attached hydrogens (tertiary/aromatic N) is 5. The molecule has 1 heterocycles. The fourth-order valence-corrected chi connectivity index (χ4v) is 4.55. The van der Waals surface area contributed by atoms with Gasteiger partial charge in [0, 0.05) is 13.1 Å². The molecular formula is C15H25N5O3S. The molecule has 134 valence electrons. The van der Waals surface area contributed by atoms with E-state index in [9.17, 15) is 13.2 Å². The lowest BCUT2D eigenvalue weighted by Crippen LogP contribution is -2.42. The SMILES string of the molecule is CC1CCC(N(C)C(=O)CS(=O)(=O)Cc2nnnn2C2CC2)CC1. The summed E-state index contributed by atoms with van der Waals surface area (Å²) in [6.45, 7) is 2.21. The second-order valence-electron chi connectivity index (χ2n) is 7.22. The minimum absolute atomic E-state index is 0.153. The second-order valence-corrected chi connectivity index (χ2v) is 9.29. The molecule has 3 rings (SSSR count). The van der Waals surface area contributed by atoms with Crippen LogP contribution < -0.4 is 0 Å². The van der Waals surface area contributed by atoms with E-state index in [-0.39, 0.29) is 23.7 Å². The van der Waals surface area contributed by atoms with Crippen LogP contribution in [-0.4, -0.2) is 58.3 Å². The first-order chi connectivity index (χ1) is 11.4. The van der Waals surface area contributed by atoms with Crippen molar-refractivity contribution in [2.45, 2.75) is 63.3 Å². The molecule has 2 saturated carbocycles. The highest BCUT2D eigenvalue weighted by molar-refractivity contribution is 7.91. The topological polar surface area (TPSA) is 98.1 Å². The summed E-state index contributed by atoms with van der Waals surface area (Å²) in [6.07, 6.45) is 6.02. The summed E-state index contributed by atoms with van der Waals surface area (Å²) in [4.78, 5) is 14.0. The molecule has 1 amide bonds. The number of sulfone groups is 1. The Morgan fingerprint density at radius 2 is 1.88 bits per heavy atom. The number of aromatic nitrogens is 4. The predicted octanol–water partition coefficient (Wildman–Crippen LogP) is 0.960. The molecule has 1 aromatic heterocycles. The Kier molecular flexibility index (Phi) is 4.89. The van der Waals surface area contributed by atoms with Crippen molar-refractivity contribution < 1.29 is 13.2 Å². The minimum Gasteiger partial charge on any atom is -0.342 e. The molecular weight excluding hydrogens is 330 g/mol. The smallest absolute Gasteiger partial charge is 0.237 e. The lowest BCUT2D eigenvalue weighted by atomic mass is 9.87. The highest BCUT2D eigenvalue weighted by Crippen LogP contribution is 2.34. The van der Waals surface area contributed by atoms with Crippen molar-refractivity contribution in [3.63, 3.8) is 0 Å². The van der Waals surface area contributed by atoms with Crippen LogP contribution in [0.2, 0.25) is 0 Å². The Bertz CT molecular complexity index is 690. The Labute approximate surface area is 142 Å². The average Bonchev–Trinajstić information content (AvgIpc) is 3.27. The number of hydrogen-bond donors (Lipinski definition) is 0. The molecule has 0 unspecified atom stereocenters. The van der Waals surface area contributed by atoms with Gasteiger partial charge in [-0.3, -0.25) is 4.79 Å². The van der Waals surface area contributed by atoms with Crippen LogP contribution in [0, 0.1) is 5.92 Å². The van der Waals surface area contributed by atoms with Crippen molar-refractivity contribution >= 4 is 15.7 Å². The fourth-order valence-electron chi connectivity index (χ4n) is 3.28. The van der Waals surface area contributed by atoms with Crippen molar-refractivity contribution in [1.82, 2.24) is 25.1 Å². The quantitative estimate of drug-likeness (QED) is 0.754. The highest BCUT2D eigenvalue weighted by Gasteiger charge is 2.31. The van der Waals surface area contributed by atoms with Gasteiger partial charge in [-0.2, -0.15) is 0 Å². The van der Waals surface area contributed by atoms with Crippen LogP contribution in [0.1, 0.15) is 57.3 Å². The molecule has 0 aromatic carbocycles. The van der Waals surface area contributed by atoms with Gasteiger partial charge in [0.05, 0.1) is 6.04 Å². The van der Waals surface area contributed by atoms with Gasteiger partial charge in [0.15, 0.2) is 15.7 Å². The molecule has 0 N–H and O–H groups in total. The van der Waals surface area contributed by atoms with E-state index in [1.54, 1.807) is 16.6 Å². The van der Waals surface area contributed by atoms with E-state index < -0.39 is 15.6 Å². The van der Waals surface area contributed by atoms with E-state index in [0.29, 0.717) is 11.7 Å². The normalized spacial score (nSPS) is 24.8. The van der Waals surface area contributed by atoms with E-state index in [4.69, 9.17) is 0 Å². The van der Waals surface area contributed by atoms with Gasteiger partial charge in [-0.05, 0) is 54.9 Å². The van der Waals surface area contributed by atoms with E-state index in [0.717, 1.165) is 38.5 Å². The molecule has 2 aliphatic rings. The Balaban J connectivity index is 1.59. The number of hydrogen-bond acceptors (Lipinski definition) is 6. The summed E-state index contributed by atoms with van der Waals surface area (Å²) >= 11 is 0. The molecule has 9 heteroatoms. The standard InChI is InChI=1S/C15H25N5O3S/c1-11-3-5-12(6-4-11)19(2)15(21)10-24(22,23)9-14-16-17-18-20(14)13-7-8-13/h11-13H,3-10H2,1-2H3. The van der Waals surface area contributed by atoms with Gasteiger partial charge in [0.1, 0.15) is 11.5 Å². The average molecular weight is 355 g/mol. The number of rotatable bonds is 6. The lowest BCUT2D eigenvalue weighted by molar-refractivity contribution is -0.129. The molecule has 0 radical (unpaired) electrons. The van der Waals surface area contributed by atoms with Crippen molar-refractivity contribution in [3.05, 3.63) is 5.82 Å². The third-order valence-corrected chi connectivity index (χ3v) is 6.46. The summed E-state index contributed by atoms with van der Waals surface area (Å²) < 4.78 is 26.4. The Hall–Kier alpha value is -1.51. The lowest BCUT2D eigenvalue weighted by Gasteiger charge is -2.33. The van der Waals surface area contributed by atoms with Crippen molar-refractivity contribution in [2.24, 2.45) is 5.92 Å². The van der Waals surface area contributed by atoms with Gasteiger partial charge in [-0.1, -0.05) is 6.92 Å². The second kappa shape index (κ2) is 6.78. The van der Waals surface area contributed by atoms with Crippen LogP contribution in [0.25, 0.3) is 0 Å². The zero-order valence-electron chi connectivity index (χ0n) is 14.3. The maximum Gasteiger partial charge on any atom is 0.237 e. The van der Waals surface area contributed by atoms with Crippen LogP contribution in [0.4, 0.5) is 0 Å². The van der Waals surface area contributed by atoms with Gasteiger partial charge in [-0.25, -0.2) is 13.1 Å². The van der Waals surface area contributed by atoms with Crippen LogP contribution >= 0.6 is 0 Å². The summed E-state index contributed by atoms with van der Waals surface area (Å²) in [5.41, 5.74) is 0. The summed E-state index contributed by atoms with van der Waals surface area (Å²) in [5, 5.41) is 11.2. The van der Waals surface area contributed by atoms with E-state index in [1.807, 2.05) is 0 Å². The number of tetrazole rings is 1. The fraction of sp³-hybridized carbons (Fsp3) is 0.867. The third kappa shape index (κ3) is 4.12. The summed E-state index contributed by atoms with van der Waals surface area (Å²) in [6, 6.07) is 0.369. The first-order valence-corrected chi connectivity index (χ1v) is 10.4. The van der Waals surface area contributed by atoms with Gasteiger partial charge < -0.3 is 4.90 Å². The van der Waals surface area contributed by atoms with E-state index in [1.165, 1.54) is 0 Å². The van der Waals surface area contributed by atoms with E-state index >= 15 is 0 Å². The van der Waals surface area contributed by atoms with Crippen LogP contribution in [0.3, 0.4) is 0 Å². The van der Waals surface area contributed by atoms with E-state index in [2.05, 4.69) is 22.4 Å². The van der Waals surface area contributed by atoms with Crippen LogP contribution in [0.15, 0.2) is 0 Å². The maximum absolute atomic E-state index is 12.4. The molecule has 2 fully saturated rings. The number of carbonyl (C=O) groups excluding carboxylic acids is 1. The molecule has 0 spiro atoms. The van der Waals surface area contributed by atoms with Gasteiger partial charge in [0.2, 0.25) is 5.91 Å². The first-order valence-electron chi connectivity index (χ1n) is 8.58. The van der Waals surface area contributed by atoms with Crippen molar-refractivity contribution in [1.29, 1.82) is 0 Å². The molecule has 2 aliphatic carbocycles. The molecule has 8 nitrogen and oxygen atoms in total. The molecule has 1 aromatic rings. The maximum atomic E-state index is 12.4. The largest absolute Gasteiger partial charge is 0.342 e. The van der Waals surface area contributed by atoms with Gasteiger partial charge in [-0.15, -0.1) is 5.10 Å². The zero-order valence-corrected chi connectivity index (χ0v) is 15.1. The highest BCUT2D eigenvalue weighted by atomic mass is 32.2. The molecule has 0 saturated heterocycles. The molecule has 0 atom stereocenters. The van der Waals surface area contributed by atoms with Crippen LogP contribution in [-0.2, 0) is 20.4 Å². The molecule has 0 aliphatic heterocycles. The van der Waals surface area contributed by atoms with Gasteiger partial charge in [0.25, 0.3) is 0 Å². The predicted molar refractivity (Wildman–Crippen MR) is 87.8 cm³/mol. The summed E-state index contributed by atoms with van der Waals surface area (Å²) in [7, 11) is -1.87. The van der Waals surface area contributed by atoms with Gasteiger partial charge >= 0.3 is 0 Å². The third-order valence-electron chi connectivity index (χ3n) is 5.07. The first kappa shape index (κ1) is 17.3. The van der Waals surface area contributed by atoms with Crippen LogP contribution in [0.5, 0.6) is 0 Å². The minimum atomic E-state index is -3.58. The number of amides is 1. The molecule has 0 bridgehead atoms. The van der Waals surface area contributed by atoms with Crippen molar-refractivity contribution in [2.75, 3.05) is 12.8 Å². The zero-order chi connectivity index (χ0) is 17.3. The Morgan fingerprint density at radius 3 is 2.50 bits per heavy atom. The monoisotopic (exact) mass is 355 g/mol. The van der Waals surface area contributed by atoms with Crippen molar-refractivity contribution in [3.8, 4) is 0 Å². The summed E-state index contributed by atoms with van der Waals surface area (Å²) in [5.74, 6) is -0.0700.